The van der Waals surface area contributed by atoms with Crippen LogP contribution in [0.1, 0.15) is 25.8 Å². The number of benzene rings is 1. The van der Waals surface area contributed by atoms with Gasteiger partial charge in [-0.3, -0.25) is 4.79 Å². The summed E-state index contributed by atoms with van der Waals surface area (Å²) < 4.78 is 18.9. The smallest absolute Gasteiger partial charge is 0.223 e. The maximum absolute atomic E-state index is 13.5. The summed E-state index contributed by atoms with van der Waals surface area (Å²) in [5.74, 6) is 0.575. The van der Waals surface area contributed by atoms with Crippen molar-refractivity contribution in [3.05, 3.63) is 29.6 Å². The molecule has 0 saturated heterocycles. The molecule has 0 unspecified atom stereocenters. The molecule has 0 spiro atoms. The Bertz CT molecular complexity index is 436. The van der Waals surface area contributed by atoms with E-state index in [1.54, 1.807) is 13.1 Å². The molecule has 5 heteroatoms. The zero-order chi connectivity index (χ0) is 15.0. The first-order valence-electron chi connectivity index (χ1n) is 6.85. The third-order valence-electron chi connectivity index (χ3n) is 2.69. The van der Waals surface area contributed by atoms with Gasteiger partial charge in [-0.25, -0.2) is 4.39 Å². The van der Waals surface area contributed by atoms with Gasteiger partial charge in [-0.15, -0.1) is 0 Å². The average molecular weight is 282 g/mol. The highest BCUT2D eigenvalue weighted by atomic mass is 19.1. The first kappa shape index (κ1) is 16.4. The van der Waals surface area contributed by atoms with Gasteiger partial charge in [0, 0.05) is 19.7 Å². The molecule has 1 amide bonds. The standard InChI is InChI=1S/C15H23FN2O2/c1-11(2)9-18-10-12-6-13(16)8-14(7-12)20-5-4-15(19)17-3/h6-8,11,18H,4-5,9-10H2,1-3H3,(H,17,19). The van der Waals surface area contributed by atoms with Crippen molar-refractivity contribution in [2.24, 2.45) is 5.92 Å². The normalized spacial score (nSPS) is 10.7. The van der Waals surface area contributed by atoms with Crippen LogP contribution < -0.4 is 15.4 Å². The number of hydrogen-bond acceptors (Lipinski definition) is 3. The maximum Gasteiger partial charge on any atom is 0.223 e. The molecule has 4 nitrogen and oxygen atoms in total. The molecule has 1 aromatic rings. The number of nitrogens with one attached hydrogen (secondary N) is 2. The number of carbonyl (C=O) groups is 1. The van der Waals surface area contributed by atoms with Crippen LogP contribution in [-0.4, -0.2) is 26.1 Å². The van der Waals surface area contributed by atoms with E-state index in [-0.39, 0.29) is 24.8 Å². The second-order valence-corrected chi connectivity index (χ2v) is 5.09. The molecule has 20 heavy (non-hydrogen) atoms. The molecule has 1 rings (SSSR count). The van der Waals surface area contributed by atoms with Crippen molar-refractivity contribution in [2.45, 2.75) is 26.8 Å². The van der Waals surface area contributed by atoms with E-state index in [9.17, 15) is 9.18 Å². The predicted molar refractivity (Wildman–Crippen MR) is 77.1 cm³/mol. The van der Waals surface area contributed by atoms with Crippen LogP contribution in [0.15, 0.2) is 18.2 Å². The summed E-state index contributed by atoms with van der Waals surface area (Å²) in [5.41, 5.74) is 0.834. The molecule has 0 aromatic heterocycles. The summed E-state index contributed by atoms with van der Waals surface area (Å²) in [6.07, 6.45) is 0.258. The van der Waals surface area contributed by atoms with Crippen molar-refractivity contribution < 1.29 is 13.9 Å². The molecule has 112 valence electrons. The Morgan fingerprint density at radius 3 is 2.75 bits per heavy atom. The summed E-state index contributed by atoms with van der Waals surface area (Å²) in [6.45, 7) is 5.95. The van der Waals surface area contributed by atoms with Crippen LogP contribution in [-0.2, 0) is 11.3 Å². The Kier molecular flexibility index (Phi) is 7.01. The van der Waals surface area contributed by atoms with Crippen molar-refractivity contribution in [1.82, 2.24) is 10.6 Å². The molecule has 0 atom stereocenters. The van der Waals surface area contributed by atoms with Crippen LogP contribution in [0.3, 0.4) is 0 Å². The third-order valence-corrected chi connectivity index (χ3v) is 2.69. The number of rotatable bonds is 8. The van der Waals surface area contributed by atoms with Gasteiger partial charge < -0.3 is 15.4 Å². The Morgan fingerprint density at radius 1 is 1.35 bits per heavy atom. The minimum absolute atomic E-state index is 0.0970. The molecule has 2 N–H and O–H groups in total. The fourth-order valence-electron chi connectivity index (χ4n) is 1.70. The lowest BCUT2D eigenvalue weighted by Crippen LogP contribution is -2.20. The number of hydrogen-bond donors (Lipinski definition) is 2. The second-order valence-electron chi connectivity index (χ2n) is 5.09. The lowest BCUT2D eigenvalue weighted by atomic mass is 10.2. The first-order chi connectivity index (χ1) is 9.51. The van der Waals surface area contributed by atoms with E-state index < -0.39 is 0 Å². The Labute approximate surface area is 119 Å². The van der Waals surface area contributed by atoms with Gasteiger partial charge >= 0.3 is 0 Å². The van der Waals surface area contributed by atoms with E-state index in [0.29, 0.717) is 18.2 Å². The average Bonchev–Trinajstić information content (AvgIpc) is 2.37. The highest BCUT2D eigenvalue weighted by Crippen LogP contribution is 2.16. The van der Waals surface area contributed by atoms with Gasteiger partial charge in [-0.05, 0) is 30.2 Å². The summed E-state index contributed by atoms with van der Waals surface area (Å²) in [5, 5.41) is 5.76. The van der Waals surface area contributed by atoms with Gasteiger partial charge in [-0.2, -0.15) is 0 Å². The van der Waals surface area contributed by atoms with Crippen molar-refractivity contribution in [3.63, 3.8) is 0 Å². The quantitative estimate of drug-likeness (QED) is 0.767. The predicted octanol–water partition coefficient (Wildman–Crippen LogP) is 2.09. The van der Waals surface area contributed by atoms with E-state index in [1.165, 1.54) is 12.1 Å². The van der Waals surface area contributed by atoms with Crippen molar-refractivity contribution in [1.29, 1.82) is 0 Å². The molecule has 0 saturated carbocycles. The van der Waals surface area contributed by atoms with Gasteiger partial charge in [0.25, 0.3) is 0 Å². The molecule has 0 fully saturated rings. The number of amides is 1. The van der Waals surface area contributed by atoms with E-state index in [0.717, 1.165) is 12.1 Å². The minimum atomic E-state index is -0.330. The minimum Gasteiger partial charge on any atom is -0.493 e. The largest absolute Gasteiger partial charge is 0.493 e. The molecular formula is C15H23FN2O2. The topological polar surface area (TPSA) is 50.4 Å². The Hall–Kier alpha value is -1.62. The highest BCUT2D eigenvalue weighted by Gasteiger charge is 2.04. The molecule has 0 bridgehead atoms. The maximum atomic E-state index is 13.5. The van der Waals surface area contributed by atoms with E-state index in [1.807, 2.05) is 0 Å². The van der Waals surface area contributed by atoms with Crippen LogP contribution in [0.25, 0.3) is 0 Å². The first-order valence-corrected chi connectivity index (χ1v) is 6.85. The van der Waals surface area contributed by atoms with Crippen LogP contribution >= 0.6 is 0 Å². The van der Waals surface area contributed by atoms with Crippen molar-refractivity contribution in [3.8, 4) is 5.75 Å². The molecular weight excluding hydrogens is 259 g/mol. The van der Waals surface area contributed by atoms with Crippen molar-refractivity contribution in [2.75, 3.05) is 20.2 Å². The van der Waals surface area contributed by atoms with Crippen LogP contribution in [0.2, 0.25) is 0 Å². The van der Waals surface area contributed by atoms with E-state index in [2.05, 4.69) is 24.5 Å². The molecule has 1 aromatic carbocycles. The lowest BCUT2D eigenvalue weighted by molar-refractivity contribution is -0.121. The molecule has 0 aliphatic heterocycles. The van der Waals surface area contributed by atoms with Crippen LogP contribution in [0, 0.1) is 11.7 Å². The van der Waals surface area contributed by atoms with E-state index >= 15 is 0 Å². The fraction of sp³-hybridized carbons (Fsp3) is 0.533. The summed E-state index contributed by atoms with van der Waals surface area (Å²) in [7, 11) is 1.57. The number of ether oxygens (including phenoxy) is 1. The van der Waals surface area contributed by atoms with Gasteiger partial charge in [0.05, 0.1) is 13.0 Å². The van der Waals surface area contributed by atoms with Gasteiger partial charge in [0.1, 0.15) is 11.6 Å². The van der Waals surface area contributed by atoms with Crippen LogP contribution in [0.4, 0.5) is 4.39 Å². The summed E-state index contributed by atoms with van der Waals surface area (Å²) in [6, 6.07) is 4.61. The lowest BCUT2D eigenvalue weighted by Gasteiger charge is -2.10. The van der Waals surface area contributed by atoms with Gasteiger partial charge in [-0.1, -0.05) is 13.8 Å². The van der Waals surface area contributed by atoms with Crippen molar-refractivity contribution >= 4 is 5.91 Å². The fourth-order valence-corrected chi connectivity index (χ4v) is 1.70. The Morgan fingerprint density at radius 2 is 2.10 bits per heavy atom. The van der Waals surface area contributed by atoms with Gasteiger partial charge in [0.2, 0.25) is 5.91 Å². The molecule has 0 radical (unpaired) electrons. The third kappa shape index (κ3) is 6.52. The monoisotopic (exact) mass is 282 g/mol. The molecule has 0 aliphatic carbocycles. The molecule has 0 aliphatic rings. The zero-order valence-electron chi connectivity index (χ0n) is 12.3. The number of carbonyl (C=O) groups excluding carboxylic acids is 1. The summed E-state index contributed by atoms with van der Waals surface area (Å²) in [4.78, 5) is 11.1. The second kappa shape index (κ2) is 8.53. The SMILES string of the molecule is CNC(=O)CCOc1cc(F)cc(CNCC(C)C)c1. The van der Waals surface area contributed by atoms with Crippen LogP contribution in [0.5, 0.6) is 5.75 Å². The zero-order valence-corrected chi connectivity index (χ0v) is 12.3. The highest BCUT2D eigenvalue weighted by molar-refractivity contribution is 5.75. The Balaban J connectivity index is 2.50. The molecule has 0 heterocycles. The number of halogens is 1. The summed E-state index contributed by atoms with van der Waals surface area (Å²) >= 11 is 0. The van der Waals surface area contributed by atoms with Gasteiger partial charge in [0.15, 0.2) is 0 Å². The van der Waals surface area contributed by atoms with E-state index in [4.69, 9.17) is 4.74 Å².